The molecule has 0 atom stereocenters. The Labute approximate surface area is 77.6 Å². The van der Waals surface area contributed by atoms with Crippen molar-refractivity contribution in [2.24, 2.45) is 0 Å². The van der Waals surface area contributed by atoms with Crippen molar-refractivity contribution in [3.8, 4) is 0 Å². The summed E-state index contributed by atoms with van der Waals surface area (Å²) in [4.78, 5) is 0. The van der Waals surface area contributed by atoms with Gasteiger partial charge in [0.2, 0.25) is 0 Å². The molecule has 0 heterocycles. The van der Waals surface area contributed by atoms with Gasteiger partial charge in [0, 0.05) is 0 Å². The highest BCUT2D eigenvalue weighted by Gasteiger charge is 2.00. The molecule has 0 saturated carbocycles. The zero-order valence-corrected chi connectivity index (χ0v) is 7.62. The van der Waals surface area contributed by atoms with Crippen LogP contribution in [-0.2, 0) is 6.61 Å². The summed E-state index contributed by atoms with van der Waals surface area (Å²) < 4.78 is 0. The number of hydrogen-bond acceptors (Lipinski definition) is 1. The second kappa shape index (κ2) is 3.19. The molecule has 2 aromatic rings. The van der Waals surface area contributed by atoms with E-state index in [0.717, 1.165) is 10.9 Å². The predicted octanol–water partition coefficient (Wildman–Crippen LogP) is 2.64. The first-order valence-corrected chi connectivity index (χ1v) is 4.41. The fourth-order valence-corrected chi connectivity index (χ4v) is 1.67. The summed E-state index contributed by atoms with van der Waals surface area (Å²) in [6, 6.07) is 12.2. The van der Waals surface area contributed by atoms with Crippen LogP contribution in [0.2, 0.25) is 0 Å². The van der Waals surface area contributed by atoms with Crippen LogP contribution in [0.15, 0.2) is 36.4 Å². The largest absolute Gasteiger partial charge is 0.392 e. The molecule has 66 valence electrons. The zero-order chi connectivity index (χ0) is 9.26. The van der Waals surface area contributed by atoms with Crippen molar-refractivity contribution in [2.45, 2.75) is 13.5 Å². The van der Waals surface area contributed by atoms with Crippen LogP contribution in [0.4, 0.5) is 0 Å². The van der Waals surface area contributed by atoms with E-state index in [2.05, 4.69) is 19.1 Å². The Bertz CT molecular complexity index is 432. The maximum Gasteiger partial charge on any atom is 0.0687 e. The summed E-state index contributed by atoms with van der Waals surface area (Å²) in [5.41, 5.74) is 2.26. The minimum Gasteiger partial charge on any atom is -0.392 e. The summed E-state index contributed by atoms with van der Waals surface area (Å²) in [5, 5.41) is 11.5. The molecule has 0 saturated heterocycles. The molecule has 0 amide bonds. The summed E-state index contributed by atoms with van der Waals surface area (Å²) in [5.74, 6) is 0. The second-order valence-electron chi connectivity index (χ2n) is 3.25. The minimum absolute atomic E-state index is 0.112. The van der Waals surface area contributed by atoms with Crippen LogP contribution >= 0.6 is 0 Å². The molecular weight excluding hydrogens is 160 g/mol. The quantitative estimate of drug-likeness (QED) is 0.701. The van der Waals surface area contributed by atoms with Crippen molar-refractivity contribution < 1.29 is 5.11 Å². The number of hydrogen-bond donors (Lipinski definition) is 1. The third kappa shape index (κ3) is 1.31. The van der Waals surface area contributed by atoms with Gasteiger partial charge in [-0.3, -0.25) is 0 Å². The highest BCUT2D eigenvalue weighted by molar-refractivity contribution is 5.88. The standard InChI is InChI=1S/C12H12O/c1-9-4-2-7-12-10(8-13)5-3-6-11(9)12/h2-7,13H,8H2,1H3. The van der Waals surface area contributed by atoms with Gasteiger partial charge in [-0.1, -0.05) is 36.4 Å². The molecule has 1 heteroatoms. The first kappa shape index (κ1) is 8.27. The Hall–Kier alpha value is -1.34. The summed E-state index contributed by atoms with van der Waals surface area (Å²) in [7, 11) is 0. The van der Waals surface area contributed by atoms with Gasteiger partial charge in [-0.05, 0) is 28.8 Å². The maximum atomic E-state index is 9.13. The van der Waals surface area contributed by atoms with Gasteiger partial charge in [0.15, 0.2) is 0 Å². The van der Waals surface area contributed by atoms with Crippen LogP contribution in [0.5, 0.6) is 0 Å². The van der Waals surface area contributed by atoms with Crippen LogP contribution in [0.1, 0.15) is 11.1 Å². The molecule has 2 rings (SSSR count). The van der Waals surface area contributed by atoms with Gasteiger partial charge in [0.1, 0.15) is 0 Å². The zero-order valence-electron chi connectivity index (χ0n) is 7.62. The lowest BCUT2D eigenvalue weighted by molar-refractivity contribution is 0.283. The fourth-order valence-electron chi connectivity index (χ4n) is 1.67. The molecule has 0 unspecified atom stereocenters. The fraction of sp³-hybridized carbons (Fsp3) is 0.167. The van der Waals surface area contributed by atoms with Gasteiger partial charge in [0.25, 0.3) is 0 Å². The molecule has 0 bridgehead atoms. The normalized spacial score (nSPS) is 10.6. The highest BCUT2D eigenvalue weighted by atomic mass is 16.3. The van der Waals surface area contributed by atoms with Crippen molar-refractivity contribution >= 4 is 10.8 Å². The van der Waals surface area contributed by atoms with Crippen LogP contribution in [-0.4, -0.2) is 5.11 Å². The van der Waals surface area contributed by atoms with E-state index in [1.807, 2.05) is 24.3 Å². The predicted molar refractivity (Wildman–Crippen MR) is 54.6 cm³/mol. The molecule has 0 aliphatic rings. The lowest BCUT2D eigenvalue weighted by atomic mass is 10.0. The van der Waals surface area contributed by atoms with Crippen molar-refractivity contribution in [1.82, 2.24) is 0 Å². The van der Waals surface area contributed by atoms with Crippen molar-refractivity contribution in [1.29, 1.82) is 0 Å². The van der Waals surface area contributed by atoms with Gasteiger partial charge >= 0.3 is 0 Å². The Morgan fingerprint density at radius 1 is 1.00 bits per heavy atom. The van der Waals surface area contributed by atoms with Crippen LogP contribution in [0.25, 0.3) is 10.8 Å². The number of fused-ring (bicyclic) bond motifs is 1. The van der Waals surface area contributed by atoms with E-state index < -0.39 is 0 Å². The number of aryl methyl sites for hydroxylation is 1. The smallest absolute Gasteiger partial charge is 0.0687 e. The van der Waals surface area contributed by atoms with E-state index in [1.54, 1.807) is 0 Å². The highest BCUT2D eigenvalue weighted by Crippen LogP contribution is 2.21. The summed E-state index contributed by atoms with van der Waals surface area (Å²) in [6.45, 7) is 2.20. The number of benzene rings is 2. The molecule has 0 fully saturated rings. The Morgan fingerprint density at radius 3 is 2.46 bits per heavy atom. The molecular formula is C12H12O. The Morgan fingerprint density at radius 2 is 1.69 bits per heavy atom. The van der Waals surface area contributed by atoms with Gasteiger partial charge in [-0.2, -0.15) is 0 Å². The van der Waals surface area contributed by atoms with Gasteiger partial charge in [0.05, 0.1) is 6.61 Å². The molecule has 1 N–H and O–H groups in total. The third-order valence-corrected chi connectivity index (χ3v) is 2.40. The van der Waals surface area contributed by atoms with Gasteiger partial charge in [-0.15, -0.1) is 0 Å². The van der Waals surface area contributed by atoms with E-state index in [1.165, 1.54) is 10.9 Å². The molecule has 0 spiro atoms. The molecule has 0 radical (unpaired) electrons. The van der Waals surface area contributed by atoms with E-state index in [-0.39, 0.29) is 6.61 Å². The SMILES string of the molecule is Cc1cccc2c(CO)cccc12. The molecule has 2 aromatic carbocycles. The van der Waals surface area contributed by atoms with Crippen molar-refractivity contribution in [3.05, 3.63) is 47.5 Å². The van der Waals surface area contributed by atoms with E-state index in [4.69, 9.17) is 5.11 Å². The Balaban J connectivity index is 2.84. The number of aliphatic hydroxyl groups is 1. The monoisotopic (exact) mass is 172 g/mol. The van der Waals surface area contributed by atoms with Gasteiger partial charge < -0.3 is 5.11 Å². The van der Waals surface area contributed by atoms with E-state index >= 15 is 0 Å². The maximum absolute atomic E-state index is 9.13. The minimum atomic E-state index is 0.112. The van der Waals surface area contributed by atoms with Crippen molar-refractivity contribution in [3.63, 3.8) is 0 Å². The second-order valence-corrected chi connectivity index (χ2v) is 3.25. The molecule has 1 nitrogen and oxygen atoms in total. The van der Waals surface area contributed by atoms with E-state index in [9.17, 15) is 0 Å². The molecule has 13 heavy (non-hydrogen) atoms. The first-order valence-electron chi connectivity index (χ1n) is 4.41. The Kier molecular flexibility index (Phi) is 2.03. The average Bonchev–Trinajstić information content (AvgIpc) is 2.18. The number of aliphatic hydroxyl groups excluding tert-OH is 1. The topological polar surface area (TPSA) is 20.2 Å². The van der Waals surface area contributed by atoms with Crippen molar-refractivity contribution in [2.75, 3.05) is 0 Å². The van der Waals surface area contributed by atoms with Gasteiger partial charge in [-0.25, -0.2) is 0 Å². The van der Waals surface area contributed by atoms with Crippen LogP contribution in [0.3, 0.4) is 0 Å². The number of rotatable bonds is 1. The lowest BCUT2D eigenvalue weighted by Crippen LogP contribution is -1.86. The summed E-state index contributed by atoms with van der Waals surface area (Å²) in [6.07, 6.45) is 0. The average molecular weight is 172 g/mol. The first-order chi connectivity index (χ1) is 6.33. The molecule has 0 aliphatic heterocycles. The summed E-state index contributed by atoms with van der Waals surface area (Å²) >= 11 is 0. The molecule has 0 aliphatic carbocycles. The van der Waals surface area contributed by atoms with Crippen LogP contribution < -0.4 is 0 Å². The molecule has 0 aromatic heterocycles. The third-order valence-electron chi connectivity index (χ3n) is 2.40. The van der Waals surface area contributed by atoms with E-state index in [0.29, 0.717) is 0 Å². The van der Waals surface area contributed by atoms with Crippen LogP contribution in [0, 0.1) is 6.92 Å². The lowest BCUT2D eigenvalue weighted by Gasteiger charge is -2.05.